The fraction of sp³-hybridized carbons (Fsp3) is 0.802. The maximum absolute atomic E-state index is 13.1. The number of hydrogen-bond donors (Lipinski definition) is 0. The normalized spacial score (nSPS) is 17.2. The molecule has 3 rings (SSSR count). The fourth-order valence-corrected chi connectivity index (χ4v) is 12.8. The number of esters is 2. The van der Waals surface area contributed by atoms with Crippen LogP contribution in [0.1, 0.15) is 304 Å². The molecule has 1 fully saturated rings. The average molecular weight is 1780 g/mol. The van der Waals surface area contributed by atoms with Crippen LogP contribution in [0.15, 0.2) is 63.6 Å². The van der Waals surface area contributed by atoms with E-state index < -0.39 is 0 Å². The minimum absolute atomic E-state index is 0.00263. The number of allylic oxidation sites excluding steroid dienone is 2. The first kappa shape index (κ1) is 120. The Morgan fingerprint density at radius 2 is 0.901 bits per heavy atom. The van der Waals surface area contributed by atoms with Gasteiger partial charge in [0.1, 0.15) is 17.3 Å². The smallest absolute Gasteiger partial charge is 0.305 e. The zero-order chi connectivity index (χ0) is 86.8. The zero-order valence-corrected chi connectivity index (χ0v) is 88.4. The van der Waals surface area contributed by atoms with Crippen molar-refractivity contribution < 1.29 is 61.9 Å². The van der Waals surface area contributed by atoms with Crippen LogP contribution in [0.2, 0.25) is 65.5 Å². The molecule has 1 aromatic rings. The van der Waals surface area contributed by atoms with Gasteiger partial charge in [-0.15, -0.1) is 11.3 Å². The summed E-state index contributed by atoms with van der Waals surface area (Å²) in [6.45, 7) is 67.1. The predicted octanol–water partition coefficient (Wildman–Crippen LogP) is 22.6. The summed E-state index contributed by atoms with van der Waals surface area (Å²) < 4.78 is 42.0. The summed E-state index contributed by atoms with van der Waals surface area (Å²) in [4.78, 5) is 73.4. The van der Waals surface area contributed by atoms with Crippen molar-refractivity contribution in [2.24, 2.45) is 29.6 Å². The molecule has 13 nitrogen and oxygen atoms in total. The molecule has 111 heavy (non-hydrogen) atoms. The van der Waals surface area contributed by atoms with Crippen molar-refractivity contribution in [3.05, 3.63) is 68.5 Å². The highest BCUT2D eigenvalue weighted by atomic mass is 127. The second-order valence-corrected chi connectivity index (χ2v) is 44.3. The number of unbranched alkanes of at least 4 members (excludes halogenated alkanes) is 5. The number of carbonyl (C=O) groups excluding carboxylic acids is 6. The van der Waals surface area contributed by atoms with Gasteiger partial charge in [-0.2, -0.15) is 0 Å². The molecule has 0 radical (unpaired) electrons. The number of ketones is 4. The number of thiophene rings is 1. The molecule has 654 valence electrons. The van der Waals surface area contributed by atoms with Crippen molar-refractivity contribution in [2.75, 3.05) is 14.2 Å². The molecular formula is C91H179IO13SSi5. The Bertz CT molecular complexity index is 2530. The van der Waals surface area contributed by atoms with Gasteiger partial charge in [-0.1, -0.05) is 218 Å². The number of carbonyl (C=O) groups is 6. The monoisotopic (exact) mass is 1780 g/mol. The zero-order valence-electron chi connectivity index (χ0n) is 78.4. The first-order valence-corrected chi connectivity index (χ1v) is 60.0. The van der Waals surface area contributed by atoms with E-state index >= 15 is 0 Å². The van der Waals surface area contributed by atoms with E-state index in [1.807, 2.05) is 52.9 Å². The van der Waals surface area contributed by atoms with E-state index in [1.165, 1.54) is 76.9 Å². The lowest BCUT2D eigenvalue weighted by molar-refractivity contribution is -0.141. The maximum atomic E-state index is 13.1. The topological polar surface area (TPSA) is 167 Å². The second-order valence-electron chi connectivity index (χ2n) is 35.4. The van der Waals surface area contributed by atoms with E-state index in [0.29, 0.717) is 123 Å². The first-order chi connectivity index (χ1) is 51.7. The summed E-state index contributed by atoms with van der Waals surface area (Å²) in [5.74, 6) is 1.12. The van der Waals surface area contributed by atoms with Crippen LogP contribution in [-0.4, -0.2) is 155 Å². The summed E-state index contributed by atoms with van der Waals surface area (Å²) in [7, 11) is 4.80. The molecule has 0 N–H and O–H groups in total. The standard InChI is InChI=1S/C31H54O6.C19H32OS.C17H26O5.C14H27IO.5C2H8Si/c1-10-11-14-22(2)19-24(36-30(3,4)5)17-18-25-26(27(33)21-28(25)37-31(6,7)8)20-23(32)15-12-13-16-29(34)35-9;1-6-7-10-16(2)15-17(20-19(3,4)5)11-8-12-18-13-9-14-21-18;1-17(2,3)22-14-10-12(15(19)11-14)9-13(18)7-5-6-8-16(20)21-4;1-6-7-8-12(2)11-13(9-10-15)16-14(3,4)5;5*1-3-2/h17-18,22,24-26,28H,10-16,19-21H2,1-9H3;8-9,11,13-14,16-17H,6-7,10,12,15H2,1-5H3;10,14H,5-9,11H2,1-4H3;9-10,12-13H,6-8,11H2,1-5H3;5*3H2,1-2H3/b18-17+;11-8+;;10-9+;;;;;/t22-,24?,25+,26+,28?;16-,17?;;12-,13?;;;;;/m00.0...../s1. The van der Waals surface area contributed by atoms with Crippen molar-refractivity contribution in [3.63, 3.8) is 0 Å². The largest absolute Gasteiger partial charge is 0.469 e. The van der Waals surface area contributed by atoms with Crippen LogP contribution in [0.4, 0.5) is 0 Å². The van der Waals surface area contributed by atoms with Gasteiger partial charge in [-0.05, 0) is 201 Å². The van der Waals surface area contributed by atoms with Gasteiger partial charge in [0, 0.05) is 121 Å². The summed E-state index contributed by atoms with van der Waals surface area (Å²) in [6.07, 6.45) is 33.2. The van der Waals surface area contributed by atoms with Gasteiger partial charge in [0.15, 0.2) is 5.78 Å². The number of hydrogen-bond acceptors (Lipinski definition) is 14. The third-order valence-corrected chi connectivity index (χ3v) is 17.3. The molecule has 5 unspecified atom stereocenters. The maximum Gasteiger partial charge on any atom is 0.305 e. The van der Waals surface area contributed by atoms with E-state index in [2.05, 4.69) is 253 Å². The number of methoxy groups -OCH3 is 2. The molecular weight excluding hydrogens is 1600 g/mol. The van der Waals surface area contributed by atoms with Crippen LogP contribution >= 0.6 is 33.9 Å². The van der Waals surface area contributed by atoms with Crippen LogP contribution < -0.4 is 0 Å². The third-order valence-electron chi connectivity index (χ3n) is 16.0. The summed E-state index contributed by atoms with van der Waals surface area (Å²) in [5.41, 5.74) is -0.555. The number of rotatable bonds is 40. The molecule has 10 atom stereocenters. The quantitative estimate of drug-likeness (QED) is 0.0200. The Hall–Kier alpha value is -2.11. The van der Waals surface area contributed by atoms with Gasteiger partial charge in [-0.25, -0.2) is 0 Å². The van der Waals surface area contributed by atoms with Crippen molar-refractivity contribution in [3.8, 4) is 0 Å². The van der Waals surface area contributed by atoms with Crippen LogP contribution in [0.3, 0.4) is 0 Å². The molecule has 0 saturated heterocycles. The SMILES string of the molecule is CCCC[C@H](C)CC(/C=C/Cc1cccs1)OC(C)(C)C.CCCC[C@H](C)CC(/C=C/I)OC(C)(C)C.CCCC[C@H](C)CC(/C=C/[C@H]1C(OC(C)(C)C)CC(=O)[C@@H]1CC(=O)CCCCC(=O)OC)OC(C)(C)C.COC(=O)CCCCC(=O)CC1=CC(OC(C)(C)C)CC1=O.C[SiH2]C.C[SiH2]C.C[SiH2]C.C[SiH2]C.C[SiH2]C. The Morgan fingerprint density at radius 1 is 0.523 bits per heavy atom. The van der Waals surface area contributed by atoms with Crippen LogP contribution in [0.25, 0.3) is 0 Å². The van der Waals surface area contributed by atoms with Gasteiger partial charge in [0.2, 0.25) is 0 Å². The lowest BCUT2D eigenvalue weighted by Gasteiger charge is -2.30. The van der Waals surface area contributed by atoms with Crippen molar-refractivity contribution >= 4 is 117 Å². The lowest BCUT2D eigenvalue weighted by Crippen LogP contribution is -2.32. The Balaban J connectivity index is -0.000000323. The number of Topliss-reactive ketones (excluding diaryl/α,β-unsaturated/α-hetero) is 4. The first-order valence-electron chi connectivity index (χ1n) is 43.7. The van der Waals surface area contributed by atoms with Crippen molar-refractivity contribution in [2.45, 2.75) is 430 Å². The molecule has 2 aliphatic rings. The van der Waals surface area contributed by atoms with Crippen LogP contribution in [0.5, 0.6) is 0 Å². The fourth-order valence-electron chi connectivity index (χ4n) is 11.6. The molecule has 0 aromatic carbocycles. The molecule has 0 bridgehead atoms. The lowest BCUT2D eigenvalue weighted by atomic mass is 9.87. The highest BCUT2D eigenvalue weighted by Gasteiger charge is 2.44. The summed E-state index contributed by atoms with van der Waals surface area (Å²) >= 11 is 4.09. The minimum atomic E-state index is -0.389. The molecule has 0 aliphatic heterocycles. The van der Waals surface area contributed by atoms with E-state index in [9.17, 15) is 28.8 Å². The molecule has 2 aliphatic carbocycles. The Morgan fingerprint density at radius 3 is 1.25 bits per heavy atom. The molecule has 0 amide bonds. The average Bonchev–Trinajstić information content (AvgIpc) is 1.67. The highest BCUT2D eigenvalue weighted by Crippen LogP contribution is 2.38. The van der Waals surface area contributed by atoms with E-state index in [4.69, 9.17) is 23.7 Å². The van der Waals surface area contributed by atoms with E-state index in [1.54, 1.807) is 6.08 Å². The Labute approximate surface area is 715 Å². The van der Waals surface area contributed by atoms with Gasteiger partial charge < -0.3 is 33.2 Å². The van der Waals surface area contributed by atoms with Gasteiger partial charge >= 0.3 is 11.9 Å². The second kappa shape index (κ2) is 73.1. The van der Waals surface area contributed by atoms with Gasteiger partial charge in [-0.3, -0.25) is 28.8 Å². The highest BCUT2D eigenvalue weighted by molar-refractivity contribution is 14.1. The van der Waals surface area contributed by atoms with Gasteiger partial charge in [0.25, 0.3) is 0 Å². The number of ether oxygens (including phenoxy) is 7. The molecule has 1 saturated carbocycles. The summed E-state index contributed by atoms with van der Waals surface area (Å²) in [5, 5.41) is 2.14. The summed E-state index contributed by atoms with van der Waals surface area (Å²) in [6, 6.07) is 4.31. The molecule has 1 aromatic heterocycles. The van der Waals surface area contributed by atoms with Gasteiger partial charge in [0.05, 0.1) is 72.7 Å². The van der Waals surface area contributed by atoms with E-state index in [-0.39, 0.29) is 118 Å². The van der Waals surface area contributed by atoms with Crippen LogP contribution in [0, 0.1) is 29.6 Å². The molecule has 0 spiro atoms. The predicted molar refractivity (Wildman–Crippen MR) is 508 cm³/mol. The Kier molecular flexibility index (Phi) is 78.8. The number of halogens is 1. The van der Waals surface area contributed by atoms with Crippen LogP contribution in [-0.2, 0) is 68.3 Å². The van der Waals surface area contributed by atoms with Crippen molar-refractivity contribution in [1.29, 1.82) is 0 Å². The van der Waals surface area contributed by atoms with E-state index in [0.717, 1.165) is 37.5 Å². The molecule has 1 heterocycles. The molecule has 20 heteroatoms. The van der Waals surface area contributed by atoms with Crippen molar-refractivity contribution in [1.82, 2.24) is 0 Å². The third kappa shape index (κ3) is 81.4. The minimum Gasteiger partial charge on any atom is -0.469 e.